The van der Waals surface area contributed by atoms with Crippen LogP contribution < -0.4 is 10.2 Å². The molecule has 0 spiro atoms. The van der Waals surface area contributed by atoms with Gasteiger partial charge in [-0.1, -0.05) is 30.3 Å². The Kier molecular flexibility index (Phi) is 5.44. The van der Waals surface area contributed by atoms with Gasteiger partial charge in [0.25, 0.3) is 0 Å². The molecule has 8 heteroatoms. The van der Waals surface area contributed by atoms with Crippen LogP contribution in [0.15, 0.2) is 48.7 Å². The molecule has 0 atom stereocenters. The first-order chi connectivity index (χ1) is 13.0. The van der Waals surface area contributed by atoms with E-state index in [2.05, 4.69) is 0 Å². The second-order valence-electron chi connectivity index (χ2n) is 5.79. The van der Waals surface area contributed by atoms with Crippen LogP contribution in [0.1, 0.15) is 12.0 Å². The van der Waals surface area contributed by atoms with Gasteiger partial charge in [0.2, 0.25) is 0 Å². The van der Waals surface area contributed by atoms with E-state index >= 15 is 0 Å². The van der Waals surface area contributed by atoms with Crippen molar-refractivity contribution in [2.45, 2.75) is 13.0 Å². The van der Waals surface area contributed by atoms with Crippen LogP contribution in [-0.4, -0.2) is 18.4 Å². The number of ether oxygens (including phenoxy) is 1. The zero-order valence-corrected chi connectivity index (χ0v) is 14.0. The van der Waals surface area contributed by atoms with Crippen molar-refractivity contribution in [2.24, 2.45) is 0 Å². The molecule has 0 aromatic heterocycles. The Hall–Kier alpha value is -3.29. The molecule has 0 saturated heterocycles. The fraction of sp³-hybridized carbons (Fsp3) is 0.158. The highest BCUT2D eigenvalue weighted by molar-refractivity contribution is 5.92. The number of benzene rings is 2. The van der Waals surface area contributed by atoms with E-state index in [-0.39, 0.29) is 25.4 Å². The average molecular weight is 376 g/mol. The summed E-state index contributed by atoms with van der Waals surface area (Å²) in [6.07, 6.45) is 1.36. The first kappa shape index (κ1) is 18.5. The topological polar surface area (TPSA) is 58.6 Å². The Morgan fingerprint density at radius 3 is 2.56 bits per heavy atom. The molecule has 0 unspecified atom stereocenters. The van der Waals surface area contributed by atoms with E-state index in [1.807, 2.05) is 5.32 Å². The summed E-state index contributed by atoms with van der Waals surface area (Å²) in [5.74, 6) is -4.15. The zero-order chi connectivity index (χ0) is 19.4. The minimum absolute atomic E-state index is 0.0223. The molecule has 1 N–H and O–H groups in total. The van der Waals surface area contributed by atoms with E-state index in [0.29, 0.717) is 11.6 Å². The van der Waals surface area contributed by atoms with Crippen LogP contribution in [0.3, 0.4) is 0 Å². The van der Waals surface area contributed by atoms with Crippen LogP contribution in [-0.2, 0) is 16.1 Å². The van der Waals surface area contributed by atoms with Crippen molar-refractivity contribution >= 4 is 23.3 Å². The van der Waals surface area contributed by atoms with Gasteiger partial charge in [-0.2, -0.15) is 0 Å². The Bertz CT molecular complexity index is 901. The van der Waals surface area contributed by atoms with E-state index in [1.54, 1.807) is 30.3 Å². The number of hydrogen-bond donors (Lipinski definition) is 1. The van der Waals surface area contributed by atoms with Gasteiger partial charge >= 0.3 is 6.09 Å². The van der Waals surface area contributed by atoms with Gasteiger partial charge < -0.3 is 9.64 Å². The molecular formula is C19H15F3N2O3. The van der Waals surface area contributed by atoms with Crippen molar-refractivity contribution in [1.29, 1.82) is 0 Å². The van der Waals surface area contributed by atoms with Crippen LogP contribution in [0.25, 0.3) is 0 Å². The summed E-state index contributed by atoms with van der Waals surface area (Å²) in [6, 6.07) is 9.41. The van der Waals surface area contributed by atoms with Gasteiger partial charge in [0.1, 0.15) is 12.3 Å². The average Bonchev–Trinajstić information content (AvgIpc) is 2.66. The highest BCUT2D eigenvalue weighted by atomic mass is 19.2. The van der Waals surface area contributed by atoms with Gasteiger partial charge in [-0.05, 0) is 11.6 Å². The molecule has 0 bridgehead atoms. The Morgan fingerprint density at radius 2 is 1.89 bits per heavy atom. The maximum atomic E-state index is 14.3. The lowest BCUT2D eigenvalue weighted by atomic mass is 10.1. The molecule has 3 rings (SSSR count). The molecule has 0 radical (unpaired) electrons. The van der Waals surface area contributed by atoms with Crippen LogP contribution in [0.4, 0.5) is 29.3 Å². The van der Waals surface area contributed by atoms with Crippen molar-refractivity contribution in [3.05, 3.63) is 71.7 Å². The van der Waals surface area contributed by atoms with Crippen molar-refractivity contribution < 1.29 is 27.5 Å². The van der Waals surface area contributed by atoms with Crippen LogP contribution in [0.2, 0.25) is 0 Å². The molecule has 1 aliphatic heterocycles. The number of nitrogens with one attached hydrogen (secondary N) is 1. The van der Waals surface area contributed by atoms with E-state index in [9.17, 15) is 22.8 Å². The summed E-state index contributed by atoms with van der Waals surface area (Å²) in [7, 11) is 0. The van der Waals surface area contributed by atoms with Crippen molar-refractivity contribution in [2.75, 3.05) is 16.8 Å². The van der Waals surface area contributed by atoms with Gasteiger partial charge in [-0.15, -0.1) is 0 Å². The first-order valence-electron chi connectivity index (χ1n) is 8.08. The van der Waals surface area contributed by atoms with E-state index in [4.69, 9.17) is 4.74 Å². The normalized spacial score (nSPS) is 13.6. The summed E-state index contributed by atoms with van der Waals surface area (Å²) < 4.78 is 47.8. The van der Waals surface area contributed by atoms with Gasteiger partial charge in [0, 0.05) is 25.2 Å². The molecule has 27 heavy (non-hydrogen) atoms. The molecule has 0 saturated carbocycles. The highest BCUT2D eigenvalue weighted by Gasteiger charge is 2.25. The maximum absolute atomic E-state index is 14.3. The molecule has 1 amide bonds. The standard InChI is InChI=1S/C19H15F3N2O3/c20-14-10-15(23-19(26)27-11-12-4-2-1-3-5-12)16(21)17(22)18(14)24-8-6-13(25)7-9-24/h1-6,8,10H,7,9,11H2,(H,23,26). The van der Waals surface area contributed by atoms with Crippen LogP contribution >= 0.6 is 0 Å². The van der Waals surface area contributed by atoms with Crippen LogP contribution in [0, 0.1) is 17.5 Å². The largest absolute Gasteiger partial charge is 0.444 e. The smallest absolute Gasteiger partial charge is 0.412 e. The third kappa shape index (κ3) is 4.28. The Morgan fingerprint density at radius 1 is 1.15 bits per heavy atom. The number of carbonyl (C=O) groups is 2. The van der Waals surface area contributed by atoms with Crippen LogP contribution in [0.5, 0.6) is 0 Å². The number of allylic oxidation sites excluding steroid dienone is 1. The molecule has 2 aromatic carbocycles. The number of rotatable bonds is 4. The maximum Gasteiger partial charge on any atom is 0.412 e. The number of anilines is 2. The minimum atomic E-state index is -1.47. The third-order valence-electron chi connectivity index (χ3n) is 3.91. The molecule has 5 nitrogen and oxygen atoms in total. The van der Waals surface area contributed by atoms with E-state index < -0.39 is 34.9 Å². The lowest BCUT2D eigenvalue weighted by Crippen LogP contribution is -2.26. The van der Waals surface area contributed by atoms with Gasteiger partial charge in [0.05, 0.1) is 5.69 Å². The lowest BCUT2D eigenvalue weighted by molar-refractivity contribution is -0.114. The summed E-state index contributed by atoms with van der Waals surface area (Å²) >= 11 is 0. The summed E-state index contributed by atoms with van der Waals surface area (Å²) in [5, 5.41) is 1.99. The molecule has 1 aliphatic rings. The molecule has 140 valence electrons. The predicted octanol–water partition coefficient (Wildman–Crippen LogP) is 4.15. The van der Waals surface area contributed by atoms with Gasteiger partial charge in [-0.3, -0.25) is 10.1 Å². The molecule has 1 heterocycles. The fourth-order valence-corrected chi connectivity index (χ4v) is 2.56. The Balaban J connectivity index is 1.74. The number of amides is 1. The Labute approximate surface area is 153 Å². The van der Waals surface area contributed by atoms with Gasteiger partial charge in [0.15, 0.2) is 23.2 Å². The SMILES string of the molecule is O=C1C=CN(c2c(F)cc(NC(=O)OCc3ccccc3)c(F)c2F)CC1. The second-order valence-corrected chi connectivity index (χ2v) is 5.79. The lowest BCUT2D eigenvalue weighted by Gasteiger charge is -2.24. The summed E-state index contributed by atoms with van der Waals surface area (Å²) in [4.78, 5) is 24.1. The first-order valence-corrected chi connectivity index (χ1v) is 8.08. The predicted molar refractivity (Wildman–Crippen MR) is 92.7 cm³/mol. The molecule has 2 aromatic rings. The third-order valence-corrected chi connectivity index (χ3v) is 3.91. The molecular weight excluding hydrogens is 361 g/mol. The van der Waals surface area contributed by atoms with Gasteiger partial charge in [-0.25, -0.2) is 18.0 Å². The number of hydrogen-bond acceptors (Lipinski definition) is 4. The highest BCUT2D eigenvalue weighted by Crippen LogP contribution is 2.31. The number of nitrogens with zero attached hydrogens (tertiary/aromatic N) is 1. The summed E-state index contributed by atoms with van der Waals surface area (Å²) in [5.41, 5.74) is -0.601. The fourth-order valence-electron chi connectivity index (χ4n) is 2.56. The van der Waals surface area contributed by atoms with Crippen molar-refractivity contribution in [3.8, 4) is 0 Å². The number of ketones is 1. The van der Waals surface area contributed by atoms with Crippen molar-refractivity contribution in [1.82, 2.24) is 0 Å². The molecule has 0 fully saturated rings. The monoisotopic (exact) mass is 376 g/mol. The molecule has 0 aliphatic carbocycles. The second kappa shape index (κ2) is 7.94. The van der Waals surface area contributed by atoms with Crippen molar-refractivity contribution in [3.63, 3.8) is 0 Å². The zero-order valence-electron chi connectivity index (χ0n) is 14.0. The minimum Gasteiger partial charge on any atom is -0.444 e. The number of halogens is 3. The van der Waals surface area contributed by atoms with E-state index in [0.717, 1.165) is 11.0 Å². The van der Waals surface area contributed by atoms with E-state index in [1.165, 1.54) is 6.20 Å². The quantitative estimate of drug-likeness (QED) is 0.815. The summed E-state index contributed by atoms with van der Waals surface area (Å²) in [6.45, 7) is -0.0571. The number of carbonyl (C=O) groups excluding carboxylic acids is 2.